The van der Waals surface area contributed by atoms with Gasteiger partial charge in [0.05, 0.1) is 25.5 Å². The first-order valence-electron chi connectivity index (χ1n) is 7.70. The van der Waals surface area contributed by atoms with Crippen LogP contribution in [0.5, 0.6) is 0 Å². The topological polar surface area (TPSA) is 48.4 Å². The van der Waals surface area contributed by atoms with Gasteiger partial charge in [-0.25, -0.2) is 0 Å². The van der Waals surface area contributed by atoms with Crippen molar-refractivity contribution >= 4 is 0 Å². The zero-order valence-electron chi connectivity index (χ0n) is 11.4. The number of hydrogen-bond acceptors (Lipinski definition) is 3. The van der Waals surface area contributed by atoms with E-state index in [1.165, 1.54) is 32.1 Å². The standard InChI is InChI=1S/C16H23NO2/c17-8-15-12(1-2-18-15)9-19-16-13-4-10-3-11(6-13)7-14(16)5-10/h1-2,10-11,13-14,16H,3-9,17H2. The molecule has 0 unspecified atom stereocenters. The van der Waals surface area contributed by atoms with Crippen molar-refractivity contribution in [3.63, 3.8) is 0 Å². The highest BCUT2D eigenvalue weighted by molar-refractivity contribution is 5.15. The second kappa shape index (κ2) is 4.64. The smallest absolute Gasteiger partial charge is 0.122 e. The molecule has 0 radical (unpaired) electrons. The predicted molar refractivity (Wildman–Crippen MR) is 72.2 cm³/mol. The van der Waals surface area contributed by atoms with Gasteiger partial charge in [0.25, 0.3) is 0 Å². The molecule has 4 saturated carbocycles. The minimum Gasteiger partial charge on any atom is -0.468 e. The molecule has 4 aliphatic rings. The first-order chi connectivity index (χ1) is 9.33. The van der Waals surface area contributed by atoms with Gasteiger partial charge < -0.3 is 14.9 Å². The van der Waals surface area contributed by atoms with E-state index in [1.807, 2.05) is 6.07 Å². The van der Waals surface area contributed by atoms with Gasteiger partial charge in [-0.1, -0.05) is 0 Å². The van der Waals surface area contributed by atoms with Crippen LogP contribution in [0.3, 0.4) is 0 Å². The summed E-state index contributed by atoms with van der Waals surface area (Å²) in [7, 11) is 0. The van der Waals surface area contributed by atoms with Crippen LogP contribution in [-0.4, -0.2) is 6.10 Å². The summed E-state index contributed by atoms with van der Waals surface area (Å²) in [5.41, 5.74) is 6.81. The minimum absolute atomic E-state index is 0.466. The lowest BCUT2D eigenvalue weighted by Gasteiger charge is -2.54. The second-order valence-corrected chi connectivity index (χ2v) is 6.78. The summed E-state index contributed by atoms with van der Waals surface area (Å²) in [6.07, 6.45) is 9.35. The van der Waals surface area contributed by atoms with Crippen LogP contribution in [0.4, 0.5) is 0 Å². The fourth-order valence-corrected chi connectivity index (χ4v) is 5.01. The largest absolute Gasteiger partial charge is 0.468 e. The van der Waals surface area contributed by atoms with Gasteiger partial charge in [0.1, 0.15) is 5.76 Å². The van der Waals surface area contributed by atoms with Gasteiger partial charge in [0.2, 0.25) is 0 Å². The number of hydrogen-bond donors (Lipinski definition) is 1. The van der Waals surface area contributed by atoms with Gasteiger partial charge in [-0.05, 0) is 61.8 Å². The fourth-order valence-electron chi connectivity index (χ4n) is 5.01. The number of rotatable bonds is 4. The Morgan fingerprint density at radius 1 is 1.11 bits per heavy atom. The summed E-state index contributed by atoms with van der Waals surface area (Å²) in [5.74, 6) is 4.55. The molecule has 0 saturated heterocycles. The molecule has 0 amide bonds. The predicted octanol–water partition coefficient (Wildman–Crippen LogP) is 3.08. The van der Waals surface area contributed by atoms with E-state index in [2.05, 4.69) is 0 Å². The zero-order valence-corrected chi connectivity index (χ0v) is 11.4. The molecule has 4 aliphatic carbocycles. The van der Waals surface area contributed by atoms with Crippen LogP contribution in [0.25, 0.3) is 0 Å². The molecule has 3 nitrogen and oxygen atoms in total. The lowest BCUT2D eigenvalue weighted by Crippen LogP contribution is -2.49. The van der Waals surface area contributed by atoms with Gasteiger partial charge in [-0.15, -0.1) is 0 Å². The van der Waals surface area contributed by atoms with Crippen LogP contribution in [0.2, 0.25) is 0 Å². The summed E-state index contributed by atoms with van der Waals surface area (Å²) < 4.78 is 11.7. The molecule has 2 N–H and O–H groups in total. The van der Waals surface area contributed by atoms with E-state index in [4.69, 9.17) is 14.9 Å². The van der Waals surface area contributed by atoms with Crippen LogP contribution in [0.15, 0.2) is 16.7 Å². The van der Waals surface area contributed by atoms with Gasteiger partial charge in [-0.2, -0.15) is 0 Å². The Bertz CT molecular complexity index is 425. The van der Waals surface area contributed by atoms with Crippen LogP contribution < -0.4 is 5.73 Å². The van der Waals surface area contributed by atoms with Crippen LogP contribution in [-0.2, 0) is 17.9 Å². The van der Waals surface area contributed by atoms with Gasteiger partial charge in [0, 0.05) is 5.56 Å². The lowest BCUT2D eigenvalue weighted by molar-refractivity contribution is -0.132. The summed E-state index contributed by atoms with van der Waals surface area (Å²) in [5, 5.41) is 0. The van der Waals surface area contributed by atoms with E-state index in [1.54, 1.807) is 6.26 Å². The van der Waals surface area contributed by atoms with E-state index in [9.17, 15) is 0 Å². The first kappa shape index (κ1) is 12.0. The molecular weight excluding hydrogens is 238 g/mol. The van der Waals surface area contributed by atoms with E-state index < -0.39 is 0 Å². The molecule has 4 fully saturated rings. The maximum atomic E-state index is 6.29. The summed E-state index contributed by atoms with van der Waals surface area (Å²) >= 11 is 0. The number of furan rings is 1. The molecule has 19 heavy (non-hydrogen) atoms. The second-order valence-electron chi connectivity index (χ2n) is 6.78. The number of nitrogens with two attached hydrogens (primary N) is 1. The van der Waals surface area contributed by atoms with Crippen molar-refractivity contribution in [2.45, 2.75) is 51.4 Å². The van der Waals surface area contributed by atoms with E-state index in [0.29, 0.717) is 19.3 Å². The fraction of sp³-hybridized carbons (Fsp3) is 0.750. The first-order valence-corrected chi connectivity index (χ1v) is 7.70. The summed E-state index contributed by atoms with van der Waals surface area (Å²) in [4.78, 5) is 0. The zero-order chi connectivity index (χ0) is 12.8. The van der Waals surface area contributed by atoms with Crippen LogP contribution in [0, 0.1) is 23.7 Å². The lowest BCUT2D eigenvalue weighted by atomic mass is 9.55. The molecule has 1 aromatic rings. The highest BCUT2D eigenvalue weighted by Crippen LogP contribution is 2.54. The van der Waals surface area contributed by atoms with Crippen molar-refractivity contribution in [3.05, 3.63) is 23.7 Å². The quantitative estimate of drug-likeness (QED) is 0.906. The van der Waals surface area contributed by atoms with E-state index in [0.717, 1.165) is 35.0 Å². The van der Waals surface area contributed by atoms with Crippen LogP contribution >= 0.6 is 0 Å². The van der Waals surface area contributed by atoms with Gasteiger partial charge >= 0.3 is 0 Å². The Kier molecular flexibility index (Phi) is 2.92. The third kappa shape index (κ3) is 2.03. The molecule has 1 aromatic heterocycles. The van der Waals surface area contributed by atoms with E-state index in [-0.39, 0.29) is 0 Å². The Hall–Kier alpha value is -0.800. The normalized spacial score (nSPS) is 39.9. The number of ether oxygens (including phenoxy) is 1. The molecule has 0 aromatic carbocycles. The Morgan fingerprint density at radius 2 is 1.79 bits per heavy atom. The van der Waals surface area contributed by atoms with Crippen molar-refractivity contribution in [1.82, 2.24) is 0 Å². The molecule has 104 valence electrons. The highest BCUT2D eigenvalue weighted by Gasteiger charge is 2.48. The molecule has 3 heteroatoms. The molecule has 0 aliphatic heterocycles. The summed E-state index contributed by atoms with van der Waals surface area (Å²) in [6, 6.07) is 2.00. The third-order valence-electron chi connectivity index (χ3n) is 5.59. The Labute approximate surface area is 114 Å². The van der Waals surface area contributed by atoms with Crippen molar-refractivity contribution in [3.8, 4) is 0 Å². The SMILES string of the molecule is NCc1occc1COC1C2CC3CC(C2)CC1C3. The molecular formula is C16H23NO2. The van der Waals surface area contributed by atoms with Crippen molar-refractivity contribution in [2.24, 2.45) is 29.4 Å². The molecule has 4 bridgehead atoms. The van der Waals surface area contributed by atoms with Crippen molar-refractivity contribution in [2.75, 3.05) is 0 Å². The monoisotopic (exact) mass is 261 g/mol. The Balaban J connectivity index is 1.43. The molecule has 0 spiro atoms. The van der Waals surface area contributed by atoms with Gasteiger partial charge in [-0.3, -0.25) is 0 Å². The van der Waals surface area contributed by atoms with E-state index >= 15 is 0 Å². The maximum Gasteiger partial charge on any atom is 0.122 e. The van der Waals surface area contributed by atoms with Gasteiger partial charge in [0.15, 0.2) is 0 Å². The average molecular weight is 261 g/mol. The maximum absolute atomic E-state index is 6.29. The average Bonchev–Trinajstić information content (AvgIpc) is 2.84. The summed E-state index contributed by atoms with van der Waals surface area (Å²) in [6.45, 7) is 1.14. The Morgan fingerprint density at radius 3 is 2.42 bits per heavy atom. The third-order valence-corrected chi connectivity index (χ3v) is 5.59. The van der Waals surface area contributed by atoms with Crippen LogP contribution in [0.1, 0.15) is 43.4 Å². The molecule has 1 heterocycles. The molecule has 5 rings (SSSR count). The minimum atomic E-state index is 0.466. The molecule has 0 atom stereocenters. The highest BCUT2D eigenvalue weighted by atomic mass is 16.5. The van der Waals surface area contributed by atoms with Crippen molar-refractivity contribution < 1.29 is 9.15 Å². The van der Waals surface area contributed by atoms with Crippen molar-refractivity contribution in [1.29, 1.82) is 0 Å².